The Labute approximate surface area is 162 Å². The molecule has 6 nitrogen and oxygen atoms in total. The zero-order chi connectivity index (χ0) is 19.2. The van der Waals surface area contributed by atoms with E-state index < -0.39 is 0 Å². The van der Waals surface area contributed by atoms with Gasteiger partial charge in [-0.25, -0.2) is 14.4 Å². The average Bonchev–Trinajstić information content (AvgIpc) is 3.26. The number of aromatic amines is 1. The van der Waals surface area contributed by atoms with Crippen LogP contribution in [0.2, 0.25) is 0 Å². The molecule has 3 N–H and O–H groups in total. The summed E-state index contributed by atoms with van der Waals surface area (Å²) in [6.07, 6.45) is 2.76. The van der Waals surface area contributed by atoms with Crippen LogP contribution in [0.15, 0.2) is 34.8 Å². The molecule has 3 aromatic rings. The Balaban J connectivity index is 1.58. The van der Waals surface area contributed by atoms with Crippen molar-refractivity contribution in [2.24, 2.45) is 4.99 Å². The number of fused-ring (bicyclic) bond motifs is 1. The van der Waals surface area contributed by atoms with Gasteiger partial charge in [0.2, 0.25) is 0 Å². The fourth-order valence-corrected chi connectivity index (χ4v) is 3.51. The lowest BCUT2D eigenvalue weighted by molar-refractivity contribution is 0.629. The molecule has 0 fully saturated rings. The van der Waals surface area contributed by atoms with Crippen LogP contribution < -0.4 is 15.5 Å². The van der Waals surface area contributed by atoms with Gasteiger partial charge in [-0.2, -0.15) is 0 Å². The zero-order valence-electron chi connectivity index (χ0n) is 15.8. The molecule has 0 aliphatic rings. The van der Waals surface area contributed by atoms with Crippen molar-refractivity contribution in [3.63, 3.8) is 0 Å². The smallest absolute Gasteiger partial charge is 0.191 e. The predicted octanol–water partition coefficient (Wildman–Crippen LogP) is 3.13. The molecule has 2 aromatic heterocycles. The second-order valence-corrected chi connectivity index (χ2v) is 7.23. The summed E-state index contributed by atoms with van der Waals surface area (Å²) in [5.41, 5.74) is 2.94. The molecule has 8 heteroatoms. The minimum absolute atomic E-state index is 0.227. The van der Waals surface area contributed by atoms with E-state index in [2.05, 4.69) is 25.6 Å². The molecule has 0 aliphatic carbocycles. The topological polar surface area (TPSA) is 68.3 Å². The van der Waals surface area contributed by atoms with Gasteiger partial charge in [0.25, 0.3) is 0 Å². The number of hydrogen-bond donors (Lipinski definition) is 3. The van der Waals surface area contributed by atoms with Crippen LogP contribution in [-0.2, 0) is 13.0 Å². The van der Waals surface area contributed by atoms with Crippen LogP contribution in [0.5, 0.6) is 0 Å². The first-order valence-corrected chi connectivity index (χ1v) is 9.84. The molecular weight excluding hydrogens is 363 g/mol. The number of nitrogens with zero attached hydrogens (tertiary/aromatic N) is 3. The Kier molecular flexibility index (Phi) is 6.28. The number of thiazole rings is 1. The predicted molar refractivity (Wildman–Crippen MR) is 111 cm³/mol. The quantitative estimate of drug-likeness (QED) is 0.430. The Morgan fingerprint density at radius 2 is 2.19 bits per heavy atom. The van der Waals surface area contributed by atoms with Crippen molar-refractivity contribution in [3.8, 4) is 0 Å². The van der Waals surface area contributed by atoms with Gasteiger partial charge >= 0.3 is 0 Å². The van der Waals surface area contributed by atoms with Crippen LogP contribution in [0.25, 0.3) is 10.9 Å². The fraction of sp³-hybridized carbons (Fsp3) is 0.368. The van der Waals surface area contributed by atoms with Crippen LogP contribution in [-0.4, -0.2) is 43.1 Å². The number of halogens is 1. The summed E-state index contributed by atoms with van der Waals surface area (Å²) < 4.78 is 13.3. The summed E-state index contributed by atoms with van der Waals surface area (Å²) in [4.78, 5) is 14.3. The molecule has 0 radical (unpaired) electrons. The van der Waals surface area contributed by atoms with E-state index in [9.17, 15) is 4.39 Å². The van der Waals surface area contributed by atoms with Crippen molar-refractivity contribution in [2.75, 3.05) is 32.1 Å². The van der Waals surface area contributed by atoms with Crippen molar-refractivity contribution < 1.29 is 4.39 Å². The minimum Gasteiger partial charge on any atom is -0.361 e. The third kappa shape index (κ3) is 4.97. The first kappa shape index (κ1) is 19.2. The van der Waals surface area contributed by atoms with Crippen LogP contribution in [0, 0.1) is 5.82 Å². The molecule has 0 bridgehead atoms. The van der Waals surface area contributed by atoms with E-state index >= 15 is 0 Å². The number of H-pyrrole nitrogens is 1. The maximum absolute atomic E-state index is 13.3. The second-order valence-electron chi connectivity index (χ2n) is 6.39. The van der Waals surface area contributed by atoms with Gasteiger partial charge in [0, 0.05) is 49.7 Å². The average molecular weight is 389 g/mol. The normalized spacial score (nSPS) is 11.8. The molecule has 2 heterocycles. The summed E-state index contributed by atoms with van der Waals surface area (Å²) in [6, 6.07) is 4.84. The molecule has 144 valence electrons. The van der Waals surface area contributed by atoms with Gasteiger partial charge in [-0.1, -0.05) is 0 Å². The number of rotatable bonds is 7. The van der Waals surface area contributed by atoms with Crippen LogP contribution in [0.3, 0.4) is 0 Å². The molecule has 0 aliphatic heterocycles. The molecule has 0 unspecified atom stereocenters. The fourth-order valence-electron chi connectivity index (χ4n) is 2.76. The highest BCUT2D eigenvalue weighted by Gasteiger charge is 2.06. The van der Waals surface area contributed by atoms with E-state index in [1.807, 2.05) is 43.6 Å². The standard InChI is InChI=1S/C19H25FN6S/c1-4-21-18(24-11-15-12-27-19(25-15)26(2)3)22-8-7-13-10-23-17-9-14(20)5-6-16(13)17/h5-6,9-10,12,23H,4,7-8,11H2,1-3H3,(H2,21,22,24). The molecule has 0 saturated heterocycles. The molecule has 1 aromatic carbocycles. The molecule has 0 spiro atoms. The third-order valence-electron chi connectivity index (χ3n) is 4.08. The first-order chi connectivity index (χ1) is 13.1. The van der Waals surface area contributed by atoms with Gasteiger partial charge < -0.3 is 20.5 Å². The van der Waals surface area contributed by atoms with Crippen LogP contribution in [0.4, 0.5) is 9.52 Å². The van der Waals surface area contributed by atoms with E-state index in [4.69, 9.17) is 0 Å². The largest absolute Gasteiger partial charge is 0.361 e. The van der Waals surface area contributed by atoms with Crippen LogP contribution in [0.1, 0.15) is 18.2 Å². The summed E-state index contributed by atoms with van der Waals surface area (Å²) in [7, 11) is 3.97. The Bertz CT molecular complexity index is 914. The lowest BCUT2D eigenvalue weighted by Gasteiger charge is -2.11. The zero-order valence-corrected chi connectivity index (χ0v) is 16.7. The van der Waals surface area contributed by atoms with E-state index in [0.717, 1.165) is 52.8 Å². The number of nitrogens with one attached hydrogen (secondary N) is 3. The van der Waals surface area contributed by atoms with Gasteiger partial charge in [0.15, 0.2) is 11.1 Å². The van der Waals surface area contributed by atoms with Crippen molar-refractivity contribution in [3.05, 3.63) is 46.9 Å². The van der Waals surface area contributed by atoms with E-state index in [1.165, 1.54) is 12.1 Å². The highest BCUT2D eigenvalue weighted by atomic mass is 32.1. The molecule has 0 saturated carbocycles. The molecular formula is C19H25FN6S. The van der Waals surface area contributed by atoms with Gasteiger partial charge in [-0.05, 0) is 37.1 Å². The van der Waals surface area contributed by atoms with E-state index in [-0.39, 0.29) is 5.82 Å². The maximum atomic E-state index is 13.3. The van der Waals surface area contributed by atoms with E-state index in [0.29, 0.717) is 6.54 Å². The number of guanidine groups is 1. The Morgan fingerprint density at radius 1 is 1.33 bits per heavy atom. The molecule has 27 heavy (non-hydrogen) atoms. The van der Waals surface area contributed by atoms with Gasteiger partial charge in [0.1, 0.15) is 5.82 Å². The van der Waals surface area contributed by atoms with E-state index in [1.54, 1.807) is 11.3 Å². The number of benzene rings is 1. The van der Waals surface area contributed by atoms with Crippen molar-refractivity contribution in [1.29, 1.82) is 0 Å². The SMILES string of the molecule is CCNC(=NCc1csc(N(C)C)n1)NCCc1c[nH]c2cc(F)ccc12. The van der Waals surface area contributed by atoms with Gasteiger partial charge in [-0.15, -0.1) is 11.3 Å². The summed E-state index contributed by atoms with van der Waals surface area (Å²) in [5.74, 6) is 0.540. The lowest BCUT2D eigenvalue weighted by atomic mass is 10.1. The second kappa shape index (κ2) is 8.85. The third-order valence-corrected chi connectivity index (χ3v) is 5.14. The number of hydrogen-bond acceptors (Lipinski definition) is 4. The Morgan fingerprint density at radius 3 is 2.93 bits per heavy atom. The van der Waals surface area contributed by atoms with Crippen LogP contribution >= 0.6 is 11.3 Å². The van der Waals surface area contributed by atoms with Crippen molar-refractivity contribution in [1.82, 2.24) is 20.6 Å². The Hall–Kier alpha value is -2.61. The highest BCUT2D eigenvalue weighted by Crippen LogP contribution is 2.20. The first-order valence-electron chi connectivity index (χ1n) is 8.96. The van der Waals surface area contributed by atoms with Gasteiger partial charge in [-0.3, -0.25) is 0 Å². The summed E-state index contributed by atoms with van der Waals surface area (Å²) >= 11 is 1.62. The number of aromatic nitrogens is 2. The summed E-state index contributed by atoms with van der Waals surface area (Å²) in [5, 5.41) is 10.7. The van der Waals surface area contributed by atoms with Crippen molar-refractivity contribution >= 4 is 33.3 Å². The highest BCUT2D eigenvalue weighted by molar-refractivity contribution is 7.13. The summed E-state index contributed by atoms with van der Waals surface area (Å²) in [6.45, 7) is 4.10. The van der Waals surface area contributed by atoms with Crippen molar-refractivity contribution in [2.45, 2.75) is 19.9 Å². The maximum Gasteiger partial charge on any atom is 0.191 e. The lowest BCUT2D eigenvalue weighted by Crippen LogP contribution is -2.38. The molecule has 0 atom stereocenters. The number of aliphatic imine (C=N–C) groups is 1. The van der Waals surface area contributed by atoms with Gasteiger partial charge in [0.05, 0.1) is 12.2 Å². The molecule has 3 rings (SSSR count). The monoisotopic (exact) mass is 388 g/mol. The minimum atomic E-state index is -0.227. The molecule has 0 amide bonds. The number of anilines is 1.